The SMILES string of the molecule is CN1CCN(C2(C(=O)O)CCCCC2C(C)(C)C)CC1. The van der Waals surface area contributed by atoms with Crippen LogP contribution in [0.3, 0.4) is 0 Å². The van der Waals surface area contributed by atoms with Gasteiger partial charge in [0.05, 0.1) is 0 Å². The van der Waals surface area contributed by atoms with Crippen LogP contribution in [-0.4, -0.2) is 59.6 Å². The molecule has 1 saturated heterocycles. The molecule has 2 aliphatic rings. The molecule has 2 atom stereocenters. The van der Waals surface area contributed by atoms with E-state index in [1.165, 1.54) is 6.42 Å². The van der Waals surface area contributed by atoms with E-state index >= 15 is 0 Å². The number of carboxylic acids is 1. The molecule has 0 bridgehead atoms. The molecule has 0 aromatic carbocycles. The third-order valence-corrected chi connectivity index (χ3v) is 5.36. The van der Waals surface area contributed by atoms with Crippen molar-refractivity contribution < 1.29 is 9.90 Å². The van der Waals surface area contributed by atoms with Gasteiger partial charge in [-0.1, -0.05) is 33.6 Å². The van der Waals surface area contributed by atoms with Gasteiger partial charge in [-0.25, -0.2) is 0 Å². The highest BCUT2D eigenvalue weighted by Crippen LogP contribution is 2.47. The second-order valence-electron chi connectivity index (χ2n) is 7.68. The number of rotatable bonds is 2. The van der Waals surface area contributed by atoms with Crippen molar-refractivity contribution in [3.05, 3.63) is 0 Å². The summed E-state index contributed by atoms with van der Waals surface area (Å²) in [6.07, 6.45) is 4.08. The zero-order chi connectivity index (χ0) is 15.0. The summed E-state index contributed by atoms with van der Waals surface area (Å²) in [4.78, 5) is 16.8. The molecule has 1 heterocycles. The average molecular weight is 282 g/mol. The van der Waals surface area contributed by atoms with Gasteiger partial charge in [-0.05, 0) is 31.2 Å². The van der Waals surface area contributed by atoms with Crippen LogP contribution in [0.25, 0.3) is 0 Å². The fourth-order valence-electron chi connectivity index (χ4n) is 4.28. The Hall–Kier alpha value is -0.610. The van der Waals surface area contributed by atoms with Crippen molar-refractivity contribution in [1.29, 1.82) is 0 Å². The summed E-state index contributed by atoms with van der Waals surface area (Å²) in [7, 11) is 2.12. The summed E-state index contributed by atoms with van der Waals surface area (Å²) in [5, 5.41) is 10.1. The molecule has 1 aliphatic heterocycles. The molecule has 0 radical (unpaired) electrons. The van der Waals surface area contributed by atoms with Crippen molar-refractivity contribution in [3.8, 4) is 0 Å². The first kappa shape index (κ1) is 15.8. The number of aliphatic carboxylic acids is 1. The van der Waals surface area contributed by atoms with E-state index in [0.29, 0.717) is 0 Å². The molecule has 0 spiro atoms. The fourth-order valence-corrected chi connectivity index (χ4v) is 4.28. The van der Waals surface area contributed by atoms with E-state index in [1.54, 1.807) is 0 Å². The molecule has 116 valence electrons. The first-order valence-corrected chi connectivity index (χ1v) is 7.95. The average Bonchev–Trinajstić information content (AvgIpc) is 2.38. The van der Waals surface area contributed by atoms with E-state index in [1.807, 2.05) is 0 Å². The van der Waals surface area contributed by atoms with Crippen LogP contribution in [0.5, 0.6) is 0 Å². The largest absolute Gasteiger partial charge is 0.480 e. The maximum Gasteiger partial charge on any atom is 0.324 e. The minimum Gasteiger partial charge on any atom is -0.480 e. The highest BCUT2D eigenvalue weighted by atomic mass is 16.4. The molecule has 0 aromatic rings. The summed E-state index contributed by atoms with van der Waals surface area (Å²) >= 11 is 0. The Kier molecular flexibility index (Phi) is 4.45. The number of carboxylic acid groups (broad SMARTS) is 1. The lowest BCUT2D eigenvalue weighted by Crippen LogP contribution is -2.66. The van der Waals surface area contributed by atoms with Crippen molar-refractivity contribution in [3.63, 3.8) is 0 Å². The van der Waals surface area contributed by atoms with Crippen LogP contribution >= 0.6 is 0 Å². The quantitative estimate of drug-likeness (QED) is 0.844. The van der Waals surface area contributed by atoms with Gasteiger partial charge in [-0.2, -0.15) is 0 Å². The Bertz CT molecular complexity index is 356. The summed E-state index contributed by atoms with van der Waals surface area (Å²) in [6.45, 7) is 10.3. The minimum absolute atomic E-state index is 0.0438. The number of piperazine rings is 1. The molecule has 2 rings (SSSR count). The summed E-state index contributed by atoms with van der Waals surface area (Å²) in [6, 6.07) is 0. The Labute approximate surface area is 123 Å². The van der Waals surface area contributed by atoms with E-state index < -0.39 is 11.5 Å². The van der Waals surface area contributed by atoms with E-state index in [4.69, 9.17) is 0 Å². The number of hydrogen-bond acceptors (Lipinski definition) is 3. The molecule has 4 nitrogen and oxygen atoms in total. The molecule has 0 amide bonds. The minimum atomic E-state index is -0.641. The lowest BCUT2D eigenvalue weighted by Gasteiger charge is -2.54. The molecular formula is C16H30N2O2. The Morgan fingerprint density at radius 2 is 1.75 bits per heavy atom. The second-order valence-corrected chi connectivity index (χ2v) is 7.68. The Morgan fingerprint density at radius 1 is 1.15 bits per heavy atom. The van der Waals surface area contributed by atoms with Gasteiger partial charge in [0.15, 0.2) is 0 Å². The van der Waals surface area contributed by atoms with Crippen molar-refractivity contribution in [2.24, 2.45) is 11.3 Å². The second kappa shape index (κ2) is 5.64. The topological polar surface area (TPSA) is 43.8 Å². The van der Waals surface area contributed by atoms with Crippen LogP contribution in [0.1, 0.15) is 46.5 Å². The predicted molar refractivity (Wildman–Crippen MR) is 80.8 cm³/mol. The van der Waals surface area contributed by atoms with E-state index in [-0.39, 0.29) is 11.3 Å². The third kappa shape index (κ3) is 2.73. The first-order chi connectivity index (χ1) is 9.28. The van der Waals surface area contributed by atoms with E-state index in [2.05, 4.69) is 37.6 Å². The lowest BCUT2D eigenvalue weighted by molar-refractivity contribution is -0.166. The van der Waals surface area contributed by atoms with Gasteiger partial charge < -0.3 is 10.0 Å². The normalized spacial score (nSPS) is 34.1. The monoisotopic (exact) mass is 282 g/mol. The molecule has 1 aliphatic carbocycles. The summed E-state index contributed by atoms with van der Waals surface area (Å²) < 4.78 is 0. The van der Waals surface area contributed by atoms with Crippen molar-refractivity contribution in [2.75, 3.05) is 33.2 Å². The first-order valence-electron chi connectivity index (χ1n) is 7.95. The standard InChI is InChI=1S/C16H30N2O2/c1-15(2,3)13-7-5-6-8-16(13,14(19)20)18-11-9-17(4)10-12-18/h13H,5-12H2,1-4H3,(H,19,20). The molecule has 4 heteroatoms. The van der Waals surface area contributed by atoms with Gasteiger partial charge in [0, 0.05) is 26.2 Å². The van der Waals surface area contributed by atoms with E-state index in [0.717, 1.165) is 45.4 Å². The van der Waals surface area contributed by atoms with Gasteiger partial charge in [0.1, 0.15) is 5.54 Å². The van der Waals surface area contributed by atoms with Crippen molar-refractivity contribution in [2.45, 2.75) is 52.0 Å². The molecule has 0 aromatic heterocycles. The molecular weight excluding hydrogens is 252 g/mol. The smallest absolute Gasteiger partial charge is 0.324 e. The maximum absolute atomic E-state index is 12.3. The molecule has 2 unspecified atom stereocenters. The third-order valence-electron chi connectivity index (χ3n) is 5.36. The van der Waals surface area contributed by atoms with Crippen LogP contribution < -0.4 is 0 Å². The van der Waals surface area contributed by atoms with Crippen LogP contribution in [0.2, 0.25) is 0 Å². The number of carbonyl (C=O) groups is 1. The molecule has 20 heavy (non-hydrogen) atoms. The van der Waals surface area contributed by atoms with Gasteiger partial charge in [0.25, 0.3) is 0 Å². The fraction of sp³-hybridized carbons (Fsp3) is 0.938. The van der Waals surface area contributed by atoms with E-state index in [9.17, 15) is 9.90 Å². The maximum atomic E-state index is 12.3. The summed E-state index contributed by atoms with van der Waals surface area (Å²) in [5.41, 5.74) is -0.597. The van der Waals surface area contributed by atoms with Gasteiger partial charge in [-0.3, -0.25) is 9.69 Å². The van der Waals surface area contributed by atoms with Gasteiger partial charge >= 0.3 is 5.97 Å². The molecule has 1 N–H and O–H groups in total. The van der Waals surface area contributed by atoms with Gasteiger partial charge in [0.2, 0.25) is 0 Å². The highest BCUT2D eigenvalue weighted by Gasteiger charge is 2.55. The predicted octanol–water partition coefficient (Wildman–Crippen LogP) is 2.29. The molecule has 2 fully saturated rings. The lowest BCUT2D eigenvalue weighted by atomic mass is 9.61. The Morgan fingerprint density at radius 3 is 2.25 bits per heavy atom. The van der Waals surface area contributed by atoms with Crippen molar-refractivity contribution in [1.82, 2.24) is 9.80 Å². The zero-order valence-electron chi connectivity index (χ0n) is 13.5. The summed E-state index contributed by atoms with van der Waals surface area (Å²) in [5.74, 6) is -0.355. The van der Waals surface area contributed by atoms with Crippen LogP contribution in [0.4, 0.5) is 0 Å². The van der Waals surface area contributed by atoms with Gasteiger partial charge in [-0.15, -0.1) is 0 Å². The zero-order valence-corrected chi connectivity index (χ0v) is 13.5. The van der Waals surface area contributed by atoms with Crippen LogP contribution in [0.15, 0.2) is 0 Å². The van der Waals surface area contributed by atoms with Crippen molar-refractivity contribution >= 4 is 5.97 Å². The highest BCUT2D eigenvalue weighted by molar-refractivity contribution is 5.79. The number of nitrogens with zero attached hydrogens (tertiary/aromatic N) is 2. The van der Waals surface area contributed by atoms with Crippen LogP contribution in [0, 0.1) is 11.3 Å². The Balaban J connectivity index is 2.33. The number of hydrogen-bond donors (Lipinski definition) is 1. The van der Waals surface area contributed by atoms with Crippen LogP contribution in [-0.2, 0) is 4.79 Å². The molecule has 1 saturated carbocycles. The number of likely N-dealkylation sites (N-methyl/N-ethyl adjacent to an activating group) is 1.